The van der Waals surface area contributed by atoms with Gasteiger partial charge in [0.25, 0.3) is 0 Å². The maximum atomic E-state index is 11.4. The zero-order valence-corrected chi connectivity index (χ0v) is 8.13. The third-order valence-electron chi connectivity index (χ3n) is 2.48. The minimum atomic E-state index is 0.302. The van der Waals surface area contributed by atoms with E-state index in [2.05, 4.69) is 19.2 Å². The molecule has 1 amide bonds. The first-order valence-corrected chi connectivity index (χ1v) is 4.62. The molecular formula is C9H18N2O. The summed E-state index contributed by atoms with van der Waals surface area (Å²) < 4.78 is 0. The molecule has 70 valence electrons. The van der Waals surface area contributed by atoms with Gasteiger partial charge in [-0.25, -0.2) is 0 Å². The molecule has 1 atom stereocenters. The lowest BCUT2D eigenvalue weighted by Gasteiger charge is -2.35. The van der Waals surface area contributed by atoms with E-state index in [0.29, 0.717) is 24.4 Å². The van der Waals surface area contributed by atoms with Crippen LogP contribution in [0.25, 0.3) is 0 Å². The largest absolute Gasteiger partial charge is 0.339 e. The summed E-state index contributed by atoms with van der Waals surface area (Å²) >= 11 is 0. The van der Waals surface area contributed by atoms with Crippen LogP contribution in [0.15, 0.2) is 0 Å². The summed E-state index contributed by atoms with van der Waals surface area (Å²) in [6.07, 6.45) is 1.68. The predicted octanol–water partition coefficient (Wildman–Crippen LogP) is 0.605. The third-order valence-corrected chi connectivity index (χ3v) is 2.48. The lowest BCUT2D eigenvalue weighted by Crippen LogP contribution is -2.50. The first-order valence-electron chi connectivity index (χ1n) is 4.62. The van der Waals surface area contributed by atoms with E-state index >= 15 is 0 Å². The second-order valence-electron chi connectivity index (χ2n) is 3.66. The molecule has 0 bridgehead atoms. The van der Waals surface area contributed by atoms with E-state index < -0.39 is 0 Å². The van der Waals surface area contributed by atoms with Gasteiger partial charge in [0.05, 0.1) is 0 Å². The topological polar surface area (TPSA) is 32.3 Å². The van der Waals surface area contributed by atoms with E-state index in [-0.39, 0.29) is 0 Å². The number of carbonyl (C=O) groups excluding carboxylic acids is 1. The van der Waals surface area contributed by atoms with Gasteiger partial charge >= 0.3 is 0 Å². The van der Waals surface area contributed by atoms with Crippen LogP contribution >= 0.6 is 0 Å². The van der Waals surface area contributed by atoms with Crippen LogP contribution in [0.4, 0.5) is 0 Å². The molecule has 1 aliphatic rings. The molecule has 0 aromatic carbocycles. The molecule has 1 saturated heterocycles. The van der Waals surface area contributed by atoms with Crippen LogP contribution in [0.3, 0.4) is 0 Å². The van der Waals surface area contributed by atoms with Crippen LogP contribution in [-0.4, -0.2) is 36.5 Å². The molecule has 1 unspecified atom stereocenters. The lowest BCUT2D eigenvalue weighted by molar-refractivity contribution is -0.135. The molecule has 3 heteroatoms. The summed E-state index contributed by atoms with van der Waals surface area (Å²) in [4.78, 5) is 13.3. The van der Waals surface area contributed by atoms with Crippen molar-refractivity contribution in [1.82, 2.24) is 10.2 Å². The highest BCUT2D eigenvalue weighted by Gasteiger charge is 2.25. The minimum absolute atomic E-state index is 0.302. The van der Waals surface area contributed by atoms with E-state index in [1.165, 1.54) is 0 Å². The average molecular weight is 170 g/mol. The van der Waals surface area contributed by atoms with E-state index in [1.54, 1.807) is 0 Å². The van der Waals surface area contributed by atoms with Crippen LogP contribution in [0, 0.1) is 0 Å². The maximum Gasteiger partial charge on any atom is 0.222 e. The van der Waals surface area contributed by atoms with Crippen LogP contribution < -0.4 is 5.32 Å². The summed E-state index contributed by atoms with van der Waals surface area (Å²) in [5.74, 6) is 0.302. The second-order valence-corrected chi connectivity index (χ2v) is 3.66. The van der Waals surface area contributed by atoms with Crippen molar-refractivity contribution in [3.8, 4) is 0 Å². The molecule has 1 aliphatic heterocycles. The molecule has 0 saturated carbocycles. The number of nitrogens with one attached hydrogen (secondary N) is 1. The van der Waals surface area contributed by atoms with E-state index in [9.17, 15) is 4.79 Å². The van der Waals surface area contributed by atoms with Crippen molar-refractivity contribution in [1.29, 1.82) is 0 Å². The number of piperidine rings is 1. The number of hydrogen-bond acceptors (Lipinski definition) is 2. The van der Waals surface area contributed by atoms with Gasteiger partial charge in [0.15, 0.2) is 0 Å². The van der Waals surface area contributed by atoms with Gasteiger partial charge in [-0.2, -0.15) is 0 Å². The second kappa shape index (κ2) is 3.90. The van der Waals surface area contributed by atoms with Gasteiger partial charge in [0, 0.05) is 25.0 Å². The van der Waals surface area contributed by atoms with Crippen LogP contribution in [0.1, 0.15) is 26.7 Å². The van der Waals surface area contributed by atoms with Crippen LogP contribution in [0.5, 0.6) is 0 Å². The molecule has 12 heavy (non-hydrogen) atoms. The highest BCUT2D eigenvalue weighted by atomic mass is 16.2. The normalized spacial score (nSPS) is 25.2. The van der Waals surface area contributed by atoms with Gasteiger partial charge in [-0.1, -0.05) is 0 Å². The molecule has 1 rings (SSSR count). The number of amides is 1. The Kier molecular flexibility index (Phi) is 3.09. The summed E-state index contributed by atoms with van der Waals surface area (Å²) in [5.41, 5.74) is 0. The SMILES string of the molecule is CNC1CCC(=O)N(C(C)C)C1. The van der Waals surface area contributed by atoms with Crippen LogP contribution in [-0.2, 0) is 4.79 Å². The third kappa shape index (κ3) is 1.97. The van der Waals surface area contributed by atoms with Crippen molar-refractivity contribution in [2.75, 3.05) is 13.6 Å². The number of likely N-dealkylation sites (tertiary alicyclic amines) is 1. The first kappa shape index (κ1) is 9.52. The van der Waals surface area contributed by atoms with Crippen molar-refractivity contribution in [2.24, 2.45) is 0 Å². The number of rotatable bonds is 2. The molecule has 3 nitrogen and oxygen atoms in total. The Balaban J connectivity index is 2.53. The van der Waals surface area contributed by atoms with Crippen LogP contribution in [0.2, 0.25) is 0 Å². The van der Waals surface area contributed by atoms with E-state index in [1.807, 2.05) is 11.9 Å². The van der Waals surface area contributed by atoms with Gasteiger partial charge in [0.1, 0.15) is 0 Å². The molecule has 0 aromatic rings. The molecule has 1 fully saturated rings. The molecule has 0 spiro atoms. The lowest BCUT2D eigenvalue weighted by atomic mass is 10.0. The molecule has 0 aliphatic carbocycles. The Morgan fingerprint density at radius 1 is 1.58 bits per heavy atom. The van der Waals surface area contributed by atoms with E-state index in [0.717, 1.165) is 13.0 Å². The van der Waals surface area contributed by atoms with Gasteiger partial charge in [-0.3, -0.25) is 4.79 Å². The first-order chi connectivity index (χ1) is 5.65. The Labute approximate surface area is 74.1 Å². The maximum absolute atomic E-state index is 11.4. The molecule has 0 radical (unpaired) electrons. The molecule has 0 aromatic heterocycles. The fraction of sp³-hybridized carbons (Fsp3) is 0.889. The van der Waals surface area contributed by atoms with Gasteiger partial charge in [-0.15, -0.1) is 0 Å². The minimum Gasteiger partial charge on any atom is -0.339 e. The highest BCUT2D eigenvalue weighted by Crippen LogP contribution is 2.13. The fourth-order valence-corrected chi connectivity index (χ4v) is 1.61. The van der Waals surface area contributed by atoms with Crippen molar-refractivity contribution >= 4 is 5.91 Å². The van der Waals surface area contributed by atoms with Gasteiger partial charge in [-0.05, 0) is 27.3 Å². The summed E-state index contributed by atoms with van der Waals surface area (Å²) in [6.45, 7) is 5.00. The predicted molar refractivity (Wildman–Crippen MR) is 48.9 cm³/mol. The summed E-state index contributed by atoms with van der Waals surface area (Å²) in [5, 5.41) is 3.22. The zero-order valence-electron chi connectivity index (χ0n) is 8.13. The van der Waals surface area contributed by atoms with E-state index in [4.69, 9.17) is 0 Å². The Bertz CT molecular complexity index is 168. The summed E-state index contributed by atoms with van der Waals surface area (Å²) in [7, 11) is 1.96. The van der Waals surface area contributed by atoms with Gasteiger partial charge < -0.3 is 10.2 Å². The molecular weight excluding hydrogens is 152 g/mol. The number of hydrogen-bond donors (Lipinski definition) is 1. The van der Waals surface area contributed by atoms with Gasteiger partial charge in [0.2, 0.25) is 5.91 Å². The monoisotopic (exact) mass is 170 g/mol. The Morgan fingerprint density at radius 2 is 2.25 bits per heavy atom. The number of likely N-dealkylation sites (N-methyl/N-ethyl adjacent to an activating group) is 1. The average Bonchev–Trinajstić information content (AvgIpc) is 2.05. The standard InChI is InChI=1S/C9H18N2O/c1-7(2)11-6-8(10-3)4-5-9(11)12/h7-8,10H,4-6H2,1-3H3. The van der Waals surface area contributed by atoms with Crippen molar-refractivity contribution in [2.45, 2.75) is 38.8 Å². The smallest absolute Gasteiger partial charge is 0.222 e. The molecule has 1 N–H and O–H groups in total. The zero-order chi connectivity index (χ0) is 9.14. The number of nitrogens with zero attached hydrogens (tertiary/aromatic N) is 1. The van der Waals surface area contributed by atoms with Crippen molar-refractivity contribution < 1.29 is 4.79 Å². The fourth-order valence-electron chi connectivity index (χ4n) is 1.61. The highest BCUT2D eigenvalue weighted by molar-refractivity contribution is 5.77. The van der Waals surface area contributed by atoms with Crippen molar-refractivity contribution in [3.63, 3.8) is 0 Å². The Hall–Kier alpha value is -0.570. The number of carbonyl (C=O) groups is 1. The quantitative estimate of drug-likeness (QED) is 0.658. The Morgan fingerprint density at radius 3 is 2.75 bits per heavy atom. The van der Waals surface area contributed by atoms with Crippen molar-refractivity contribution in [3.05, 3.63) is 0 Å². The molecule has 1 heterocycles. The summed E-state index contributed by atoms with van der Waals surface area (Å²) in [6, 6.07) is 0.832.